The summed E-state index contributed by atoms with van der Waals surface area (Å²) in [5.74, 6) is 0.346. The van der Waals surface area contributed by atoms with Crippen LogP contribution < -0.4 is 0 Å². The van der Waals surface area contributed by atoms with Gasteiger partial charge in [0, 0.05) is 17.9 Å². The van der Waals surface area contributed by atoms with Gasteiger partial charge in [-0.1, -0.05) is 29.8 Å². The van der Waals surface area contributed by atoms with Crippen LogP contribution in [0.1, 0.15) is 50.5 Å². The Bertz CT molecular complexity index is 594. The van der Waals surface area contributed by atoms with Crippen LogP contribution in [0.3, 0.4) is 0 Å². The molecule has 21 heavy (non-hydrogen) atoms. The summed E-state index contributed by atoms with van der Waals surface area (Å²) < 4.78 is 0. The summed E-state index contributed by atoms with van der Waals surface area (Å²) in [5, 5.41) is 0.684. The minimum Gasteiger partial charge on any atom is -0.298 e. The second-order valence-electron chi connectivity index (χ2n) is 6.09. The maximum absolute atomic E-state index is 12.7. The van der Waals surface area contributed by atoms with E-state index in [0.29, 0.717) is 17.9 Å². The lowest BCUT2D eigenvalue weighted by atomic mass is 9.87. The molecule has 0 radical (unpaired) electrons. The maximum Gasteiger partial charge on any atom is 0.158 e. The molecule has 1 fully saturated rings. The van der Waals surface area contributed by atoms with Crippen molar-refractivity contribution in [1.82, 2.24) is 0 Å². The number of hydrogen-bond acceptors (Lipinski definition) is 2. The molecular formula is C18H19ClO2. The molecule has 0 bridgehead atoms. The van der Waals surface area contributed by atoms with Crippen LogP contribution in [0.15, 0.2) is 35.9 Å². The van der Waals surface area contributed by atoms with E-state index in [1.165, 1.54) is 0 Å². The van der Waals surface area contributed by atoms with E-state index in [1.807, 2.05) is 30.3 Å². The van der Waals surface area contributed by atoms with Crippen molar-refractivity contribution in [2.75, 3.05) is 0 Å². The number of carbonyl (C=O) groups excluding carboxylic acids is 2. The zero-order chi connectivity index (χ0) is 14.9. The Morgan fingerprint density at radius 1 is 1.14 bits per heavy atom. The highest BCUT2D eigenvalue weighted by Gasteiger charge is 2.50. The highest BCUT2D eigenvalue weighted by Crippen LogP contribution is 2.50. The summed E-state index contributed by atoms with van der Waals surface area (Å²) in [5.41, 5.74) is 1.41. The highest BCUT2D eigenvalue weighted by molar-refractivity contribution is 6.30. The van der Waals surface area contributed by atoms with E-state index in [4.69, 9.17) is 11.6 Å². The topological polar surface area (TPSA) is 34.1 Å². The van der Waals surface area contributed by atoms with Gasteiger partial charge in [-0.25, -0.2) is 0 Å². The first kappa shape index (κ1) is 14.5. The highest BCUT2D eigenvalue weighted by atomic mass is 35.5. The first-order chi connectivity index (χ1) is 10.1. The summed E-state index contributed by atoms with van der Waals surface area (Å²) in [6.07, 6.45) is 7.53. The predicted molar refractivity (Wildman–Crippen MR) is 83.5 cm³/mol. The molecule has 2 aliphatic rings. The van der Waals surface area contributed by atoms with Gasteiger partial charge in [0.2, 0.25) is 0 Å². The number of rotatable bonds is 4. The van der Waals surface area contributed by atoms with Crippen LogP contribution in [0.2, 0.25) is 5.02 Å². The van der Waals surface area contributed by atoms with Crippen molar-refractivity contribution in [2.45, 2.75) is 50.4 Å². The SMILES string of the molecule is O=C1CCCCC=C1CC(=O)C1(c2ccc(Cl)cc2)CC1. The molecule has 1 aromatic rings. The van der Waals surface area contributed by atoms with Crippen molar-refractivity contribution in [1.29, 1.82) is 0 Å². The normalized spacial score (nSPS) is 20.6. The Kier molecular flexibility index (Phi) is 3.99. The molecule has 0 amide bonds. The number of carbonyl (C=O) groups is 2. The van der Waals surface area contributed by atoms with Crippen LogP contribution in [0.5, 0.6) is 0 Å². The van der Waals surface area contributed by atoms with E-state index in [0.717, 1.165) is 43.2 Å². The molecule has 0 saturated heterocycles. The van der Waals surface area contributed by atoms with E-state index in [-0.39, 0.29) is 17.0 Å². The van der Waals surface area contributed by atoms with Crippen LogP contribution in [0.4, 0.5) is 0 Å². The van der Waals surface area contributed by atoms with Crippen LogP contribution in [0, 0.1) is 0 Å². The van der Waals surface area contributed by atoms with Gasteiger partial charge in [-0.05, 0) is 55.4 Å². The van der Waals surface area contributed by atoms with Crippen molar-refractivity contribution in [2.24, 2.45) is 0 Å². The monoisotopic (exact) mass is 302 g/mol. The summed E-state index contributed by atoms with van der Waals surface area (Å²) in [4.78, 5) is 24.8. The molecule has 110 valence electrons. The van der Waals surface area contributed by atoms with E-state index >= 15 is 0 Å². The van der Waals surface area contributed by atoms with Crippen LogP contribution >= 0.6 is 11.6 Å². The summed E-state index contributed by atoms with van der Waals surface area (Å²) in [6, 6.07) is 7.55. The molecule has 3 rings (SSSR count). The zero-order valence-corrected chi connectivity index (χ0v) is 12.8. The maximum atomic E-state index is 12.7. The molecular weight excluding hydrogens is 284 g/mol. The molecule has 1 saturated carbocycles. The Morgan fingerprint density at radius 3 is 2.52 bits per heavy atom. The Hall–Kier alpha value is -1.41. The zero-order valence-electron chi connectivity index (χ0n) is 12.0. The summed E-state index contributed by atoms with van der Waals surface area (Å²) in [6.45, 7) is 0. The standard InChI is InChI=1S/C18H19ClO2/c19-15-8-6-14(7-9-15)18(10-11-18)17(21)12-13-4-2-1-3-5-16(13)20/h4,6-9H,1-3,5,10-12H2. The van der Waals surface area contributed by atoms with Crippen molar-refractivity contribution < 1.29 is 9.59 Å². The summed E-state index contributed by atoms with van der Waals surface area (Å²) >= 11 is 5.92. The average Bonchev–Trinajstić information content (AvgIpc) is 3.28. The number of halogens is 1. The van der Waals surface area contributed by atoms with Crippen molar-refractivity contribution in [3.05, 3.63) is 46.5 Å². The molecule has 0 heterocycles. The van der Waals surface area contributed by atoms with E-state index in [2.05, 4.69) is 0 Å². The number of benzene rings is 1. The van der Waals surface area contributed by atoms with Gasteiger partial charge >= 0.3 is 0 Å². The van der Waals surface area contributed by atoms with Gasteiger partial charge in [0.05, 0.1) is 5.41 Å². The Balaban J connectivity index is 1.77. The lowest BCUT2D eigenvalue weighted by Crippen LogP contribution is -2.22. The van der Waals surface area contributed by atoms with Crippen molar-refractivity contribution in [3.8, 4) is 0 Å². The second-order valence-corrected chi connectivity index (χ2v) is 6.52. The smallest absolute Gasteiger partial charge is 0.158 e. The molecule has 1 aromatic carbocycles. The van der Waals surface area contributed by atoms with Gasteiger partial charge in [0.25, 0.3) is 0 Å². The quantitative estimate of drug-likeness (QED) is 0.826. The van der Waals surface area contributed by atoms with Crippen LogP contribution in [-0.2, 0) is 15.0 Å². The molecule has 0 aliphatic heterocycles. The number of allylic oxidation sites excluding steroid dienone is 2. The van der Waals surface area contributed by atoms with Crippen molar-refractivity contribution in [3.63, 3.8) is 0 Å². The molecule has 0 aromatic heterocycles. The fraction of sp³-hybridized carbons (Fsp3) is 0.444. The Labute approximate surface area is 130 Å². The second kappa shape index (κ2) is 5.76. The molecule has 0 N–H and O–H groups in total. The van der Waals surface area contributed by atoms with Gasteiger partial charge in [-0.15, -0.1) is 0 Å². The number of Topliss-reactive ketones (excluding diaryl/α,β-unsaturated/α-hetero) is 2. The summed E-state index contributed by atoms with van der Waals surface area (Å²) in [7, 11) is 0. The van der Waals surface area contributed by atoms with Gasteiger partial charge in [0.15, 0.2) is 5.78 Å². The largest absolute Gasteiger partial charge is 0.298 e. The number of ketones is 2. The van der Waals surface area contributed by atoms with Gasteiger partial charge in [-0.2, -0.15) is 0 Å². The first-order valence-corrected chi connectivity index (χ1v) is 8.01. The molecule has 2 aliphatic carbocycles. The molecule has 3 heteroatoms. The fourth-order valence-electron chi connectivity index (χ4n) is 3.12. The molecule has 0 unspecified atom stereocenters. The van der Waals surface area contributed by atoms with Crippen LogP contribution in [0.25, 0.3) is 0 Å². The lowest BCUT2D eigenvalue weighted by molar-refractivity contribution is -0.122. The third kappa shape index (κ3) is 2.96. The molecule has 0 atom stereocenters. The minimum absolute atomic E-state index is 0.160. The number of hydrogen-bond donors (Lipinski definition) is 0. The van der Waals surface area contributed by atoms with E-state index in [1.54, 1.807) is 0 Å². The van der Waals surface area contributed by atoms with Gasteiger partial charge < -0.3 is 0 Å². The van der Waals surface area contributed by atoms with Gasteiger partial charge in [-0.3, -0.25) is 9.59 Å². The fourth-order valence-corrected chi connectivity index (χ4v) is 3.24. The van der Waals surface area contributed by atoms with Crippen molar-refractivity contribution >= 4 is 23.2 Å². The van der Waals surface area contributed by atoms with E-state index in [9.17, 15) is 9.59 Å². The Morgan fingerprint density at radius 2 is 1.86 bits per heavy atom. The van der Waals surface area contributed by atoms with Gasteiger partial charge in [0.1, 0.15) is 5.78 Å². The van der Waals surface area contributed by atoms with E-state index < -0.39 is 0 Å². The minimum atomic E-state index is -0.363. The predicted octanol–water partition coefficient (Wildman–Crippen LogP) is 4.40. The first-order valence-electron chi connectivity index (χ1n) is 7.63. The molecule has 2 nitrogen and oxygen atoms in total. The average molecular weight is 303 g/mol. The molecule has 0 spiro atoms. The lowest BCUT2D eigenvalue weighted by Gasteiger charge is -2.15. The third-order valence-electron chi connectivity index (χ3n) is 4.64. The van der Waals surface area contributed by atoms with Crippen LogP contribution in [-0.4, -0.2) is 11.6 Å². The third-order valence-corrected chi connectivity index (χ3v) is 4.89.